The van der Waals surface area contributed by atoms with Crippen molar-refractivity contribution in [2.45, 2.75) is 26.3 Å². The van der Waals surface area contributed by atoms with E-state index in [2.05, 4.69) is 10.1 Å². The lowest BCUT2D eigenvalue weighted by Crippen LogP contribution is -2.26. The first kappa shape index (κ1) is 19.9. The number of methoxy groups -OCH3 is 1. The van der Waals surface area contributed by atoms with Crippen molar-refractivity contribution in [1.29, 1.82) is 0 Å². The molecule has 1 aromatic heterocycles. The summed E-state index contributed by atoms with van der Waals surface area (Å²) in [6.45, 7) is 2.26. The Hall–Kier alpha value is -2.86. The Morgan fingerprint density at radius 3 is 2.64 bits per heavy atom. The molecular formula is C21H22ClN3O3. The lowest BCUT2D eigenvalue weighted by molar-refractivity contribution is -0.130. The van der Waals surface area contributed by atoms with Crippen molar-refractivity contribution in [2.75, 3.05) is 14.2 Å². The molecular weight excluding hydrogens is 378 g/mol. The molecule has 0 unspecified atom stereocenters. The van der Waals surface area contributed by atoms with Gasteiger partial charge in [0.2, 0.25) is 17.6 Å². The predicted molar refractivity (Wildman–Crippen MR) is 107 cm³/mol. The lowest BCUT2D eigenvalue weighted by atomic mass is 10.1. The van der Waals surface area contributed by atoms with Gasteiger partial charge in [-0.25, -0.2) is 0 Å². The first-order valence-electron chi connectivity index (χ1n) is 8.92. The van der Waals surface area contributed by atoms with Crippen LogP contribution in [0.5, 0.6) is 5.75 Å². The van der Waals surface area contributed by atoms with Crippen molar-refractivity contribution in [3.63, 3.8) is 0 Å². The van der Waals surface area contributed by atoms with Gasteiger partial charge in [-0.3, -0.25) is 4.79 Å². The predicted octanol–water partition coefficient (Wildman–Crippen LogP) is 4.30. The molecule has 1 amide bonds. The van der Waals surface area contributed by atoms with E-state index in [4.69, 9.17) is 20.9 Å². The lowest BCUT2D eigenvalue weighted by Gasteiger charge is -2.15. The van der Waals surface area contributed by atoms with Gasteiger partial charge in [0, 0.05) is 24.1 Å². The standard InChI is InChI=1S/C21H22ClN3O3/c1-14-12-15(4-10-18(14)27-3)5-11-20(26)25(2)13-19-23-21(24-28-19)16-6-8-17(22)9-7-16/h4,6-10,12H,5,11,13H2,1-3H3. The van der Waals surface area contributed by atoms with Gasteiger partial charge in [-0.15, -0.1) is 0 Å². The van der Waals surface area contributed by atoms with Gasteiger partial charge in [-0.1, -0.05) is 28.9 Å². The number of amides is 1. The minimum Gasteiger partial charge on any atom is -0.496 e. The summed E-state index contributed by atoms with van der Waals surface area (Å²) in [6, 6.07) is 13.1. The van der Waals surface area contributed by atoms with Crippen molar-refractivity contribution in [2.24, 2.45) is 0 Å². The van der Waals surface area contributed by atoms with Crippen molar-refractivity contribution in [3.05, 3.63) is 64.5 Å². The fraction of sp³-hybridized carbons (Fsp3) is 0.286. The van der Waals surface area contributed by atoms with E-state index in [0.29, 0.717) is 29.6 Å². The number of aromatic nitrogens is 2. The average Bonchev–Trinajstić information content (AvgIpc) is 3.15. The van der Waals surface area contributed by atoms with Crippen LogP contribution in [-0.4, -0.2) is 35.1 Å². The molecule has 0 aliphatic carbocycles. The fourth-order valence-corrected chi connectivity index (χ4v) is 2.99. The second kappa shape index (κ2) is 8.89. The highest BCUT2D eigenvalue weighted by Gasteiger charge is 2.15. The summed E-state index contributed by atoms with van der Waals surface area (Å²) < 4.78 is 10.5. The van der Waals surface area contributed by atoms with Crippen molar-refractivity contribution < 1.29 is 14.1 Å². The third kappa shape index (κ3) is 4.89. The molecule has 2 aromatic carbocycles. The number of hydrogen-bond acceptors (Lipinski definition) is 5. The topological polar surface area (TPSA) is 68.5 Å². The van der Waals surface area contributed by atoms with Crippen molar-refractivity contribution in [1.82, 2.24) is 15.0 Å². The molecule has 28 heavy (non-hydrogen) atoms. The van der Waals surface area contributed by atoms with Gasteiger partial charge >= 0.3 is 0 Å². The molecule has 3 aromatic rings. The molecule has 3 rings (SSSR count). The number of aryl methyl sites for hydroxylation is 2. The summed E-state index contributed by atoms with van der Waals surface area (Å²) in [5.74, 6) is 1.72. The number of halogens is 1. The number of rotatable bonds is 7. The molecule has 0 aliphatic rings. The number of benzene rings is 2. The van der Waals surface area contributed by atoms with Crippen LogP contribution in [0.15, 0.2) is 47.0 Å². The van der Waals surface area contributed by atoms with Gasteiger partial charge in [0.05, 0.1) is 13.7 Å². The zero-order valence-corrected chi connectivity index (χ0v) is 16.9. The molecule has 1 heterocycles. The van der Waals surface area contributed by atoms with E-state index in [1.165, 1.54) is 0 Å². The number of carbonyl (C=O) groups is 1. The summed E-state index contributed by atoms with van der Waals surface area (Å²) >= 11 is 5.89. The fourth-order valence-electron chi connectivity index (χ4n) is 2.86. The van der Waals surface area contributed by atoms with Crippen molar-refractivity contribution >= 4 is 17.5 Å². The van der Waals surface area contributed by atoms with Crippen molar-refractivity contribution in [3.8, 4) is 17.1 Å². The molecule has 0 saturated heterocycles. The monoisotopic (exact) mass is 399 g/mol. The quantitative estimate of drug-likeness (QED) is 0.592. The van der Waals surface area contributed by atoms with E-state index in [1.54, 1.807) is 31.2 Å². The molecule has 0 atom stereocenters. The Labute approximate surface area is 169 Å². The summed E-state index contributed by atoms with van der Waals surface area (Å²) in [6.07, 6.45) is 1.06. The first-order valence-corrected chi connectivity index (χ1v) is 9.30. The van der Waals surface area contributed by atoms with Gasteiger partial charge in [0.25, 0.3) is 0 Å². The molecule has 0 aliphatic heterocycles. The average molecular weight is 400 g/mol. The van der Waals surface area contributed by atoms with Gasteiger partial charge in [-0.2, -0.15) is 4.98 Å². The zero-order chi connectivity index (χ0) is 20.1. The smallest absolute Gasteiger partial charge is 0.246 e. The zero-order valence-electron chi connectivity index (χ0n) is 16.1. The summed E-state index contributed by atoms with van der Waals surface area (Å²) in [7, 11) is 3.38. The maximum atomic E-state index is 12.4. The molecule has 0 fully saturated rings. The third-order valence-electron chi connectivity index (χ3n) is 4.46. The highest BCUT2D eigenvalue weighted by Crippen LogP contribution is 2.20. The summed E-state index contributed by atoms with van der Waals surface area (Å²) in [5, 5.41) is 4.61. The number of ether oxygens (including phenoxy) is 1. The Balaban J connectivity index is 1.55. The minimum absolute atomic E-state index is 0.0136. The van der Waals surface area contributed by atoms with Gasteiger partial charge < -0.3 is 14.2 Å². The maximum absolute atomic E-state index is 12.4. The van der Waals surface area contributed by atoms with Crippen LogP contribution in [-0.2, 0) is 17.8 Å². The minimum atomic E-state index is 0.0136. The van der Waals surface area contributed by atoms with Crippen LogP contribution < -0.4 is 4.74 Å². The van der Waals surface area contributed by atoms with Crippen LogP contribution in [0.25, 0.3) is 11.4 Å². The SMILES string of the molecule is COc1ccc(CCC(=O)N(C)Cc2nc(-c3ccc(Cl)cc3)no2)cc1C. The van der Waals surface area contributed by atoms with E-state index >= 15 is 0 Å². The number of hydrogen-bond donors (Lipinski definition) is 0. The van der Waals surface area contributed by atoms with E-state index in [1.807, 2.05) is 37.3 Å². The molecule has 7 heteroatoms. The molecule has 0 bridgehead atoms. The molecule has 146 valence electrons. The van der Waals surface area contributed by atoms with Crippen LogP contribution in [0.1, 0.15) is 23.4 Å². The van der Waals surface area contributed by atoms with E-state index in [0.717, 1.165) is 22.4 Å². The Morgan fingerprint density at radius 2 is 1.96 bits per heavy atom. The van der Waals surface area contributed by atoms with Crippen LogP contribution in [0, 0.1) is 6.92 Å². The van der Waals surface area contributed by atoms with Crippen LogP contribution >= 0.6 is 11.6 Å². The Bertz CT molecular complexity index is 954. The van der Waals surface area contributed by atoms with Gasteiger partial charge in [-0.05, 0) is 54.8 Å². The maximum Gasteiger partial charge on any atom is 0.246 e. The highest BCUT2D eigenvalue weighted by atomic mass is 35.5. The highest BCUT2D eigenvalue weighted by molar-refractivity contribution is 6.30. The number of nitrogens with zero attached hydrogens (tertiary/aromatic N) is 3. The molecule has 0 saturated carbocycles. The second-order valence-corrected chi connectivity index (χ2v) is 7.01. The normalized spacial score (nSPS) is 10.7. The molecule has 0 radical (unpaired) electrons. The Kier molecular flexibility index (Phi) is 6.31. The van der Waals surface area contributed by atoms with E-state index in [-0.39, 0.29) is 12.5 Å². The summed E-state index contributed by atoms with van der Waals surface area (Å²) in [5.41, 5.74) is 2.97. The molecule has 0 spiro atoms. The van der Waals surface area contributed by atoms with E-state index < -0.39 is 0 Å². The molecule has 0 N–H and O–H groups in total. The first-order chi connectivity index (χ1) is 13.5. The van der Waals surface area contributed by atoms with Crippen LogP contribution in [0.4, 0.5) is 0 Å². The van der Waals surface area contributed by atoms with Crippen LogP contribution in [0.3, 0.4) is 0 Å². The van der Waals surface area contributed by atoms with E-state index in [9.17, 15) is 4.79 Å². The molecule has 6 nitrogen and oxygen atoms in total. The largest absolute Gasteiger partial charge is 0.496 e. The second-order valence-electron chi connectivity index (χ2n) is 6.57. The van der Waals surface area contributed by atoms with Gasteiger partial charge in [0.15, 0.2) is 0 Å². The third-order valence-corrected chi connectivity index (χ3v) is 4.71. The van der Waals surface area contributed by atoms with Gasteiger partial charge in [0.1, 0.15) is 5.75 Å². The van der Waals surface area contributed by atoms with Crippen LogP contribution in [0.2, 0.25) is 5.02 Å². The Morgan fingerprint density at radius 1 is 1.21 bits per heavy atom. The summed E-state index contributed by atoms with van der Waals surface area (Å²) in [4.78, 5) is 18.4. The number of carbonyl (C=O) groups excluding carboxylic acids is 1.